The first kappa shape index (κ1) is 17.3. The minimum Gasteiger partial charge on any atom is -0.491 e. The summed E-state index contributed by atoms with van der Waals surface area (Å²) in [7, 11) is 1.77. The van der Waals surface area contributed by atoms with Gasteiger partial charge in [0.1, 0.15) is 12.4 Å². The SMILES string of the molecule is CC(C)[C@@H](N)COc1ccc(C(N)=O)cc1-c1c(Cl)cnn1C. The zero-order chi connectivity index (χ0) is 17.1. The van der Waals surface area contributed by atoms with Gasteiger partial charge in [0.25, 0.3) is 0 Å². The Bertz CT molecular complexity index is 693. The number of nitrogens with two attached hydrogens (primary N) is 2. The number of aromatic nitrogens is 2. The maximum atomic E-state index is 11.5. The van der Waals surface area contributed by atoms with Crippen molar-refractivity contribution in [2.75, 3.05) is 6.61 Å². The molecule has 0 bridgehead atoms. The smallest absolute Gasteiger partial charge is 0.248 e. The summed E-state index contributed by atoms with van der Waals surface area (Å²) >= 11 is 6.22. The third kappa shape index (κ3) is 3.83. The zero-order valence-corrected chi connectivity index (χ0v) is 14.2. The van der Waals surface area contributed by atoms with Gasteiger partial charge in [-0.2, -0.15) is 5.10 Å². The van der Waals surface area contributed by atoms with Crippen molar-refractivity contribution in [2.45, 2.75) is 19.9 Å². The molecule has 1 aromatic heterocycles. The molecule has 0 saturated carbocycles. The Kier molecular flexibility index (Phi) is 5.28. The van der Waals surface area contributed by atoms with Crippen LogP contribution in [0.2, 0.25) is 5.02 Å². The highest BCUT2D eigenvalue weighted by Gasteiger charge is 2.18. The fourth-order valence-electron chi connectivity index (χ4n) is 2.09. The van der Waals surface area contributed by atoms with Crippen LogP contribution in [0.4, 0.5) is 0 Å². The summed E-state index contributed by atoms with van der Waals surface area (Å²) in [5.41, 5.74) is 13.1. The largest absolute Gasteiger partial charge is 0.491 e. The Hall–Kier alpha value is -2.05. The number of hydrogen-bond donors (Lipinski definition) is 2. The van der Waals surface area contributed by atoms with Crippen LogP contribution in [-0.4, -0.2) is 28.3 Å². The van der Waals surface area contributed by atoms with E-state index in [0.29, 0.717) is 40.1 Å². The summed E-state index contributed by atoms with van der Waals surface area (Å²) < 4.78 is 7.47. The first-order valence-corrected chi connectivity index (χ1v) is 7.69. The molecule has 0 aliphatic heterocycles. The number of hydrogen-bond acceptors (Lipinski definition) is 4. The number of aryl methyl sites for hydroxylation is 1. The van der Waals surface area contributed by atoms with E-state index in [9.17, 15) is 4.79 Å². The molecule has 0 aliphatic carbocycles. The second-order valence-corrected chi connectivity index (χ2v) is 6.17. The molecule has 1 aromatic carbocycles. The molecule has 6 nitrogen and oxygen atoms in total. The van der Waals surface area contributed by atoms with Crippen molar-refractivity contribution in [2.24, 2.45) is 24.4 Å². The van der Waals surface area contributed by atoms with E-state index in [0.717, 1.165) is 0 Å². The monoisotopic (exact) mass is 336 g/mol. The molecule has 7 heteroatoms. The van der Waals surface area contributed by atoms with Crippen LogP contribution in [-0.2, 0) is 7.05 Å². The maximum absolute atomic E-state index is 11.5. The van der Waals surface area contributed by atoms with Gasteiger partial charge in [-0.3, -0.25) is 9.48 Å². The molecular weight excluding hydrogens is 316 g/mol. The Morgan fingerprint density at radius 1 is 1.43 bits per heavy atom. The number of carbonyl (C=O) groups excluding carboxylic acids is 1. The lowest BCUT2D eigenvalue weighted by Gasteiger charge is -2.18. The summed E-state index contributed by atoms with van der Waals surface area (Å²) in [6, 6.07) is 4.88. The minimum absolute atomic E-state index is 0.0966. The highest BCUT2D eigenvalue weighted by Crippen LogP contribution is 2.35. The molecule has 2 rings (SSSR count). The van der Waals surface area contributed by atoms with Crippen LogP contribution in [0.25, 0.3) is 11.3 Å². The van der Waals surface area contributed by atoms with E-state index in [4.69, 9.17) is 27.8 Å². The lowest BCUT2D eigenvalue weighted by atomic mass is 10.1. The van der Waals surface area contributed by atoms with E-state index >= 15 is 0 Å². The van der Waals surface area contributed by atoms with Crippen molar-refractivity contribution in [1.29, 1.82) is 0 Å². The van der Waals surface area contributed by atoms with Crippen LogP contribution in [0.5, 0.6) is 5.75 Å². The van der Waals surface area contributed by atoms with Crippen molar-refractivity contribution in [3.05, 3.63) is 35.0 Å². The molecule has 0 radical (unpaired) electrons. The number of primary amides is 1. The third-order valence-electron chi connectivity index (χ3n) is 3.70. The van der Waals surface area contributed by atoms with Gasteiger partial charge in [-0.25, -0.2) is 0 Å². The van der Waals surface area contributed by atoms with Gasteiger partial charge in [0, 0.05) is 24.2 Å². The van der Waals surface area contributed by atoms with E-state index in [1.165, 1.54) is 6.20 Å². The Morgan fingerprint density at radius 3 is 2.65 bits per heavy atom. The molecule has 0 saturated heterocycles. The Labute approximate surface area is 140 Å². The van der Waals surface area contributed by atoms with Gasteiger partial charge < -0.3 is 16.2 Å². The molecule has 0 aliphatic rings. The summed E-state index contributed by atoms with van der Waals surface area (Å²) in [6.45, 7) is 4.42. The van der Waals surface area contributed by atoms with Gasteiger partial charge in [-0.05, 0) is 24.1 Å². The topological polar surface area (TPSA) is 96.2 Å². The normalized spacial score (nSPS) is 12.4. The van der Waals surface area contributed by atoms with E-state index < -0.39 is 5.91 Å². The van der Waals surface area contributed by atoms with Gasteiger partial charge in [-0.1, -0.05) is 25.4 Å². The zero-order valence-electron chi connectivity index (χ0n) is 13.4. The van der Waals surface area contributed by atoms with Crippen molar-refractivity contribution >= 4 is 17.5 Å². The third-order valence-corrected chi connectivity index (χ3v) is 3.98. The number of benzene rings is 1. The first-order valence-electron chi connectivity index (χ1n) is 7.31. The second kappa shape index (κ2) is 7.02. The molecule has 124 valence electrons. The van der Waals surface area contributed by atoms with Gasteiger partial charge >= 0.3 is 0 Å². The van der Waals surface area contributed by atoms with Crippen molar-refractivity contribution in [3.63, 3.8) is 0 Å². The maximum Gasteiger partial charge on any atom is 0.248 e. The second-order valence-electron chi connectivity index (χ2n) is 5.76. The van der Waals surface area contributed by atoms with Crippen LogP contribution in [0, 0.1) is 5.92 Å². The molecule has 23 heavy (non-hydrogen) atoms. The standard InChI is InChI=1S/C16H21ClN4O2/c1-9(2)13(18)8-23-14-5-4-10(16(19)22)6-11(14)15-12(17)7-20-21(15)3/h4-7,9,13H,8,18H2,1-3H3,(H2,19,22)/t13-/m0/s1. The summed E-state index contributed by atoms with van der Waals surface area (Å²) in [5.74, 6) is 0.357. The van der Waals surface area contributed by atoms with Crippen molar-refractivity contribution in [1.82, 2.24) is 9.78 Å². The highest BCUT2D eigenvalue weighted by atomic mass is 35.5. The average Bonchev–Trinajstić information content (AvgIpc) is 2.83. The van der Waals surface area contributed by atoms with Crippen LogP contribution in [0.3, 0.4) is 0 Å². The van der Waals surface area contributed by atoms with Gasteiger partial charge in [0.2, 0.25) is 5.91 Å². The Morgan fingerprint density at radius 2 is 2.13 bits per heavy atom. The quantitative estimate of drug-likeness (QED) is 0.845. The van der Waals surface area contributed by atoms with Crippen LogP contribution >= 0.6 is 11.6 Å². The molecule has 0 fully saturated rings. The number of halogens is 1. The molecule has 1 atom stereocenters. The molecule has 4 N–H and O–H groups in total. The lowest BCUT2D eigenvalue weighted by molar-refractivity contribution is 0.100. The van der Waals surface area contributed by atoms with Crippen LogP contribution in [0.1, 0.15) is 24.2 Å². The number of carbonyl (C=O) groups is 1. The lowest BCUT2D eigenvalue weighted by Crippen LogP contribution is -2.33. The summed E-state index contributed by atoms with van der Waals surface area (Å²) in [5, 5.41) is 4.58. The van der Waals surface area contributed by atoms with Crippen LogP contribution < -0.4 is 16.2 Å². The number of amides is 1. The highest BCUT2D eigenvalue weighted by molar-refractivity contribution is 6.33. The number of nitrogens with zero attached hydrogens (tertiary/aromatic N) is 2. The minimum atomic E-state index is -0.519. The predicted octanol–water partition coefficient (Wildman–Crippen LogP) is 2.20. The molecule has 0 spiro atoms. The van der Waals surface area contributed by atoms with Crippen molar-refractivity contribution in [3.8, 4) is 17.0 Å². The van der Waals surface area contributed by atoms with Crippen LogP contribution in [0.15, 0.2) is 24.4 Å². The van der Waals surface area contributed by atoms with E-state index in [1.54, 1.807) is 29.9 Å². The predicted molar refractivity (Wildman–Crippen MR) is 90.5 cm³/mol. The molecule has 1 heterocycles. The van der Waals surface area contributed by atoms with Gasteiger partial charge in [-0.15, -0.1) is 0 Å². The fourth-order valence-corrected chi connectivity index (χ4v) is 2.35. The number of rotatable bonds is 6. The summed E-state index contributed by atoms with van der Waals surface area (Å²) in [4.78, 5) is 11.5. The first-order chi connectivity index (χ1) is 10.8. The van der Waals surface area contributed by atoms with Crippen molar-refractivity contribution < 1.29 is 9.53 Å². The van der Waals surface area contributed by atoms with E-state index in [-0.39, 0.29) is 6.04 Å². The van der Waals surface area contributed by atoms with Gasteiger partial charge in [0.05, 0.1) is 16.9 Å². The summed E-state index contributed by atoms with van der Waals surface area (Å²) in [6.07, 6.45) is 1.54. The number of ether oxygens (including phenoxy) is 1. The van der Waals surface area contributed by atoms with Gasteiger partial charge in [0.15, 0.2) is 0 Å². The molecule has 0 unspecified atom stereocenters. The van der Waals surface area contributed by atoms with E-state index in [2.05, 4.69) is 5.10 Å². The molecule has 1 amide bonds. The molecule has 2 aromatic rings. The fraction of sp³-hybridized carbons (Fsp3) is 0.375. The average molecular weight is 337 g/mol. The molecular formula is C16H21ClN4O2. The van der Waals surface area contributed by atoms with E-state index in [1.807, 2.05) is 13.8 Å². The Balaban J connectivity index is 2.44.